The van der Waals surface area contributed by atoms with E-state index >= 15 is 0 Å². The highest BCUT2D eigenvalue weighted by molar-refractivity contribution is 6.00. The highest BCUT2D eigenvalue weighted by Crippen LogP contribution is 2.27. The monoisotopic (exact) mass is 903 g/mol. The van der Waals surface area contributed by atoms with Gasteiger partial charge in [0, 0.05) is 48.6 Å². The van der Waals surface area contributed by atoms with Crippen LogP contribution in [0, 0.1) is 0 Å². The lowest BCUT2D eigenvalue weighted by atomic mass is 10.0. The Bertz CT molecular complexity index is 2370. The number of rotatable bonds is 20. The van der Waals surface area contributed by atoms with Gasteiger partial charge in [-0.3, -0.25) is 38.4 Å². The maximum absolute atomic E-state index is 14.8. The molecule has 2 aliphatic heterocycles. The molecule has 8 N–H and O–H groups in total. The van der Waals surface area contributed by atoms with E-state index in [0.717, 1.165) is 22.9 Å². The van der Waals surface area contributed by atoms with Crippen molar-refractivity contribution < 1.29 is 38.4 Å². The van der Waals surface area contributed by atoms with E-state index in [4.69, 9.17) is 5.73 Å². The van der Waals surface area contributed by atoms with Crippen LogP contribution >= 0.6 is 0 Å². The van der Waals surface area contributed by atoms with Crippen molar-refractivity contribution in [1.29, 1.82) is 0 Å². The molecule has 0 bridgehead atoms. The summed E-state index contributed by atoms with van der Waals surface area (Å²) < 4.78 is 0. The number of H-pyrrole nitrogens is 1. The predicted molar refractivity (Wildman–Crippen MR) is 247 cm³/mol. The van der Waals surface area contributed by atoms with Crippen LogP contribution in [0.3, 0.4) is 0 Å². The van der Waals surface area contributed by atoms with Gasteiger partial charge in [-0.1, -0.05) is 86.5 Å². The summed E-state index contributed by atoms with van der Waals surface area (Å²) in [6, 6.07) is 17.8. The van der Waals surface area contributed by atoms with Crippen LogP contribution in [-0.4, -0.2) is 117 Å². The fourth-order valence-corrected chi connectivity index (χ4v) is 8.63. The van der Waals surface area contributed by atoms with Gasteiger partial charge in [-0.25, -0.2) is 0 Å². The second-order valence-electron chi connectivity index (χ2n) is 17.2. The molecule has 17 heteroatoms. The van der Waals surface area contributed by atoms with Crippen molar-refractivity contribution in [2.45, 2.75) is 121 Å². The van der Waals surface area contributed by atoms with Crippen LogP contribution in [0.25, 0.3) is 10.9 Å². The first kappa shape index (κ1) is 48.4. The number of likely N-dealkylation sites (tertiary alicyclic amines) is 2. The third-order valence-electron chi connectivity index (χ3n) is 12.3. The molecule has 8 amide bonds. The Morgan fingerprint density at radius 2 is 1.27 bits per heavy atom. The molecule has 0 unspecified atom stereocenters. The lowest BCUT2D eigenvalue weighted by molar-refractivity contribution is -0.148. The van der Waals surface area contributed by atoms with Crippen molar-refractivity contribution in [1.82, 2.24) is 41.4 Å². The number of nitrogens with zero attached hydrogens (tertiary/aromatic N) is 2. The van der Waals surface area contributed by atoms with Gasteiger partial charge < -0.3 is 47.1 Å². The van der Waals surface area contributed by atoms with Crippen LogP contribution in [0.1, 0.15) is 87.2 Å². The van der Waals surface area contributed by atoms with Crippen LogP contribution in [-0.2, 0) is 46.4 Å². The topological polar surface area (TPSA) is 245 Å². The SMILES string of the molecule is CCCC[C@H](NC(=O)[C@@H]1CCCN1C(=O)[C@H]1CCCN1C(=O)[C@H](Cc1ccccc1)NC(=O)[C@@H](Cc1c[nH]c2ccccc12)NC(=O)[C@H](C)NC(=O)[C@H](C)NC(=O)c1ccccc1)C(N)=O. The number of amides is 8. The molecule has 2 fully saturated rings. The third-order valence-corrected chi connectivity index (χ3v) is 12.3. The van der Waals surface area contributed by atoms with E-state index < -0.39 is 83.6 Å². The summed E-state index contributed by atoms with van der Waals surface area (Å²) in [5, 5.41) is 14.5. The van der Waals surface area contributed by atoms with Crippen molar-refractivity contribution in [3.8, 4) is 0 Å². The number of carbonyl (C=O) groups excluding carboxylic acids is 8. The van der Waals surface area contributed by atoms with Gasteiger partial charge >= 0.3 is 0 Å². The van der Waals surface area contributed by atoms with Gasteiger partial charge in [0.2, 0.25) is 41.4 Å². The molecule has 350 valence electrons. The summed E-state index contributed by atoms with van der Waals surface area (Å²) in [7, 11) is 0. The molecule has 3 heterocycles. The Morgan fingerprint density at radius 3 is 1.97 bits per heavy atom. The van der Waals surface area contributed by atoms with E-state index in [2.05, 4.69) is 31.6 Å². The lowest BCUT2D eigenvalue weighted by Gasteiger charge is -2.33. The number of primary amides is 1. The molecule has 0 radical (unpaired) electrons. The van der Waals surface area contributed by atoms with Crippen molar-refractivity contribution >= 4 is 58.2 Å². The molecular weight excluding hydrogens is 843 g/mol. The minimum atomic E-state index is -1.24. The van der Waals surface area contributed by atoms with E-state index in [0.29, 0.717) is 56.2 Å². The molecule has 0 spiro atoms. The van der Waals surface area contributed by atoms with Gasteiger partial charge in [0.05, 0.1) is 0 Å². The number of unbranched alkanes of at least 4 members (excludes halogenated alkanes) is 1. The number of benzene rings is 3. The zero-order chi connectivity index (χ0) is 47.3. The van der Waals surface area contributed by atoms with E-state index in [1.54, 1.807) is 36.5 Å². The van der Waals surface area contributed by atoms with E-state index in [9.17, 15) is 38.4 Å². The predicted octanol–water partition coefficient (Wildman–Crippen LogP) is 2.39. The lowest BCUT2D eigenvalue weighted by Crippen LogP contribution is -2.60. The van der Waals surface area contributed by atoms with Crippen LogP contribution in [0.2, 0.25) is 0 Å². The number of nitrogens with two attached hydrogens (primary N) is 1. The molecule has 4 aromatic rings. The first-order chi connectivity index (χ1) is 31.7. The summed E-state index contributed by atoms with van der Waals surface area (Å²) in [5.74, 6) is -4.43. The van der Waals surface area contributed by atoms with Gasteiger partial charge in [-0.2, -0.15) is 0 Å². The number of aromatic amines is 1. The molecule has 7 atom stereocenters. The number of nitrogens with one attached hydrogen (secondary N) is 6. The minimum absolute atomic E-state index is 0.0102. The van der Waals surface area contributed by atoms with Gasteiger partial charge in [-0.15, -0.1) is 0 Å². The number of fused-ring (bicyclic) bond motifs is 1. The Kier molecular flexibility index (Phi) is 16.7. The standard InChI is InChI=1S/C49H61N9O8/c1-4-5-21-37(42(50)59)54-47(64)40-23-14-25-57(40)49(66)41-24-15-26-58(41)48(65)39(27-32-16-8-6-9-17-32)56-46(63)38(28-34-29-51-36-22-13-12-20-35(34)36)55-44(61)31(3)52-43(60)30(2)53-45(62)33-18-10-7-11-19-33/h6-13,16-20,22,29-31,37-41,51H,4-5,14-15,21,23-28H2,1-3H3,(H2,50,59)(H,52,60)(H,53,62)(H,54,64)(H,55,61)(H,56,63)/t30-,31-,37-,38+,39-,40-,41+/m0/s1. The first-order valence-electron chi connectivity index (χ1n) is 22.8. The Morgan fingerprint density at radius 1 is 0.667 bits per heavy atom. The molecule has 0 aliphatic carbocycles. The minimum Gasteiger partial charge on any atom is -0.368 e. The van der Waals surface area contributed by atoms with E-state index in [1.807, 2.05) is 61.5 Å². The molecule has 6 rings (SSSR count). The number of aromatic nitrogens is 1. The summed E-state index contributed by atoms with van der Waals surface area (Å²) in [5.41, 5.74) is 8.23. The molecule has 0 saturated carbocycles. The summed E-state index contributed by atoms with van der Waals surface area (Å²) in [6.45, 7) is 5.45. The molecule has 2 saturated heterocycles. The maximum atomic E-state index is 14.8. The van der Waals surface area contributed by atoms with Crippen molar-refractivity contribution in [3.05, 3.63) is 108 Å². The maximum Gasteiger partial charge on any atom is 0.251 e. The van der Waals surface area contributed by atoms with E-state index in [1.165, 1.54) is 23.6 Å². The highest BCUT2D eigenvalue weighted by Gasteiger charge is 2.44. The number of para-hydroxylation sites is 1. The summed E-state index contributed by atoms with van der Waals surface area (Å²) in [6.07, 6.45) is 5.51. The Labute approximate surface area is 384 Å². The molecular formula is C49H61N9O8. The zero-order valence-electron chi connectivity index (χ0n) is 37.7. The number of hydrogen-bond donors (Lipinski definition) is 7. The zero-order valence-corrected chi connectivity index (χ0v) is 37.7. The Balaban J connectivity index is 1.20. The Hall–Kier alpha value is -7.04. The van der Waals surface area contributed by atoms with Crippen molar-refractivity contribution in [2.24, 2.45) is 5.73 Å². The van der Waals surface area contributed by atoms with Crippen LogP contribution in [0.5, 0.6) is 0 Å². The average molecular weight is 904 g/mol. The smallest absolute Gasteiger partial charge is 0.251 e. The average Bonchev–Trinajstić information content (AvgIpc) is 4.11. The normalized spacial score (nSPS) is 18.0. The summed E-state index contributed by atoms with van der Waals surface area (Å²) in [4.78, 5) is 115. The van der Waals surface area contributed by atoms with Crippen molar-refractivity contribution in [3.63, 3.8) is 0 Å². The van der Waals surface area contributed by atoms with Crippen LogP contribution in [0.4, 0.5) is 0 Å². The van der Waals surface area contributed by atoms with Crippen LogP contribution in [0.15, 0.2) is 91.1 Å². The molecule has 1 aromatic heterocycles. The van der Waals surface area contributed by atoms with E-state index in [-0.39, 0.29) is 25.3 Å². The fraction of sp³-hybridized carbons (Fsp3) is 0.429. The second-order valence-corrected chi connectivity index (χ2v) is 17.2. The third kappa shape index (κ3) is 12.2. The second kappa shape index (κ2) is 22.7. The largest absolute Gasteiger partial charge is 0.368 e. The number of hydrogen-bond acceptors (Lipinski definition) is 8. The van der Waals surface area contributed by atoms with Gasteiger partial charge in [-0.05, 0) is 75.3 Å². The fourth-order valence-electron chi connectivity index (χ4n) is 8.63. The summed E-state index contributed by atoms with van der Waals surface area (Å²) >= 11 is 0. The highest BCUT2D eigenvalue weighted by atomic mass is 16.2. The first-order valence-corrected chi connectivity index (χ1v) is 22.8. The molecule has 2 aliphatic rings. The molecule has 17 nitrogen and oxygen atoms in total. The van der Waals surface area contributed by atoms with Crippen molar-refractivity contribution in [2.75, 3.05) is 13.1 Å². The van der Waals surface area contributed by atoms with Gasteiger partial charge in [0.1, 0.15) is 42.3 Å². The molecule has 66 heavy (non-hydrogen) atoms. The molecule has 3 aromatic carbocycles. The van der Waals surface area contributed by atoms with Gasteiger partial charge in [0.25, 0.3) is 5.91 Å². The van der Waals surface area contributed by atoms with Gasteiger partial charge in [0.15, 0.2) is 0 Å². The van der Waals surface area contributed by atoms with Crippen LogP contribution < -0.4 is 32.3 Å². The number of carbonyl (C=O) groups is 8. The quantitative estimate of drug-likeness (QED) is 0.0693.